The molecule has 0 saturated heterocycles. The molecule has 0 aromatic heterocycles. The van der Waals surface area contributed by atoms with Gasteiger partial charge in [-0.3, -0.25) is 4.79 Å². The van der Waals surface area contributed by atoms with Gasteiger partial charge in [-0.15, -0.1) is 0 Å². The highest BCUT2D eigenvalue weighted by molar-refractivity contribution is 6.00. The van der Waals surface area contributed by atoms with Crippen LogP contribution in [0.5, 0.6) is 5.75 Å². The van der Waals surface area contributed by atoms with Gasteiger partial charge in [-0.05, 0) is 29.8 Å². The summed E-state index contributed by atoms with van der Waals surface area (Å²) in [7, 11) is 1.59. The standard InChI is InChI=1S/C15H15NO2/c1-18-13-9-7-12(8-10-13)15(17)14(16)11-5-3-2-4-6-11/h2-10,14H,16H2,1H3. The number of ketones is 1. The number of carbonyl (C=O) groups excluding carboxylic acids is 1. The number of hydrogen-bond donors (Lipinski definition) is 1. The number of methoxy groups -OCH3 is 1. The van der Waals surface area contributed by atoms with Gasteiger partial charge < -0.3 is 10.5 Å². The van der Waals surface area contributed by atoms with E-state index in [9.17, 15) is 4.79 Å². The van der Waals surface area contributed by atoms with Gasteiger partial charge in [0, 0.05) is 5.56 Å². The van der Waals surface area contributed by atoms with Crippen molar-refractivity contribution in [2.24, 2.45) is 5.73 Å². The minimum atomic E-state index is -0.625. The summed E-state index contributed by atoms with van der Waals surface area (Å²) in [5.41, 5.74) is 7.37. The van der Waals surface area contributed by atoms with E-state index in [1.165, 1.54) is 0 Å². The maximum absolute atomic E-state index is 12.2. The van der Waals surface area contributed by atoms with Crippen LogP contribution in [-0.4, -0.2) is 12.9 Å². The summed E-state index contributed by atoms with van der Waals surface area (Å²) in [5.74, 6) is 0.628. The summed E-state index contributed by atoms with van der Waals surface area (Å²) in [6.45, 7) is 0. The molecule has 92 valence electrons. The molecule has 3 heteroatoms. The molecule has 2 aromatic carbocycles. The van der Waals surface area contributed by atoms with Crippen molar-refractivity contribution in [3.63, 3.8) is 0 Å². The van der Waals surface area contributed by atoms with E-state index in [0.29, 0.717) is 5.56 Å². The Morgan fingerprint density at radius 1 is 1.06 bits per heavy atom. The third kappa shape index (κ3) is 2.57. The van der Waals surface area contributed by atoms with Gasteiger partial charge >= 0.3 is 0 Å². The normalized spacial score (nSPS) is 11.9. The fourth-order valence-electron chi connectivity index (χ4n) is 1.75. The van der Waals surface area contributed by atoms with Gasteiger partial charge in [0.25, 0.3) is 0 Å². The maximum Gasteiger partial charge on any atom is 0.184 e. The second kappa shape index (κ2) is 5.47. The molecule has 18 heavy (non-hydrogen) atoms. The van der Waals surface area contributed by atoms with Crippen LogP contribution in [0.15, 0.2) is 54.6 Å². The van der Waals surface area contributed by atoms with Gasteiger partial charge in [0.05, 0.1) is 13.2 Å². The van der Waals surface area contributed by atoms with E-state index in [4.69, 9.17) is 10.5 Å². The topological polar surface area (TPSA) is 52.3 Å². The van der Waals surface area contributed by atoms with Crippen LogP contribution in [0.3, 0.4) is 0 Å². The van der Waals surface area contributed by atoms with Crippen molar-refractivity contribution in [1.82, 2.24) is 0 Å². The molecule has 0 spiro atoms. The third-order valence-corrected chi connectivity index (χ3v) is 2.82. The number of Topliss-reactive ketones (excluding diaryl/α,β-unsaturated/α-hetero) is 1. The first kappa shape index (κ1) is 12.3. The summed E-state index contributed by atoms with van der Waals surface area (Å²) in [6.07, 6.45) is 0. The molecule has 0 saturated carbocycles. The zero-order chi connectivity index (χ0) is 13.0. The molecule has 1 unspecified atom stereocenters. The average molecular weight is 241 g/mol. The van der Waals surface area contributed by atoms with Crippen molar-refractivity contribution >= 4 is 5.78 Å². The van der Waals surface area contributed by atoms with E-state index in [0.717, 1.165) is 11.3 Å². The van der Waals surface area contributed by atoms with Gasteiger partial charge in [-0.25, -0.2) is 0 Å². The van der Waals surface area contributed by atoms with E-state index >= 15 is 0 Å². The van der Waals surface area contributed by atoms with Gasteiger partial charge in [0.1, 0.15) is 5.75 Å². The molecule has 0 bridgehead atoms. The summed E-state index contributed by atoms with van der Waals surface area (Å²) in [5, 5.41) is 0. The van der Waals surface area contributed by atoms with E-state index < -0.39 is 6.04 Å². The van der Waals surface area contributed by atoms with Crippen molar-refractivity contribution in [2.75, 3.05) is 7.11 Å². The van der Waals surface area contributed by atoms with Crippen molar-refractivity contribution in [3.05, 3.63) is 65.7 Å². The predicted octanol–water partition coefficient (Wildman–Crippen LogP) is 2.58. The molecule has 2 aromatic rings. The highest BCUT2D eigenvalue weighted by Crippen LogP contribution is 2.18. The molecular weight excluding hydrogens is 226 g/mol. The SMILES string of the molecule is COc1ccc(C(=O)C(N)c2ccccc2)cc1. The van der Waals surface area contributed by atoms with E-state index in [-0.39, 0.29) is 5.78 Å². The molecular formula is C15H15NO2. The first-order valence-electron chi connectivity index (χ1n) is 5.71. The molecule has 0 aliphatic carbocycles. The van der Waals surface area contributed by atoms with Crippen LogP contribution in [0, 0.1) is 0 Å². The quantitative estimate of drug-likeness (QED) is 0.837. The average Bonchev–Trinajstić information content (AvgIpc) is 2.47. The fourth-order valence-corrected chi connectivity index (χ4v) is 1.75. The molecule has 0 aliphatic rings. The Morgan fingerprint density at radius 2 is 1.67 bits per heavy atom. The van der Waals surface area contributed by atoms with E-state index in [1.54, 1.807) is 31.4 Å². The fraction of sp³-hybridized carbons (Fsp3) is 0.133. The number of rotatable bonds is 4. The van der Waals surface area contributed by atoms with Crippen LogP contribution in [-0.2, 0) is 0 Å². The van der Waals surface area contributed by atoms with Crippen molar-refractivity contribution in [2.45, 2.75) is 6.04 Å². The predicted molar refractivity (Wildman–Crippen MR) is 70.7 cm³/mol. The monoisotopic (exact) mass is 241 g/mol. The lowest BCUT2D eigenvalue weighted by molar-refractivity contribution is 0.0961. The second-order valence-electron chi connectivity index (χ2n) is 3.98. The minimum absolute atomic E-state index is 0.0937. The van der Waals surface area contributed by atoms with Crippen molar-refractivity contribution in [1.29, 1.82) is 0 Å². The van der Waals surface area contributed by atoms with Crippen LogP contribution in [0.25, 0.3) is 0 Å². The largest absolute Gasteiger partial charge is 0.497 e. The van der Waals surface area contributed by atoms with Gasteiger partial charge in [-0.2, -0.15) is 0 Å². The Morgan fingerprint density at radius 3 is 2.22 bits per heavy atom. The molecule has 0 heterocycles. The van der Waals surface area contributed by atoms with Crippen LogP contribution in [0.1, 0.15) is 22.0 Å². The Bertz CT molecular complexity index is 520. The van der Waals surface area contributed by atoms with Crippen LogP contribution in [0.4, 0.5) is 0 Å². The zero-order valence-electron chi connectivity index (χ0n) is 10.2. The van der Waals surface area contributed by atoms with Gasteiger partial charge in [-0.1, -0.05) is 30.3 Å². The molecule has 0 amide bonds. The Labute approximate surface area is 106 Å². The smallest absolute Gasteiger partial charge is 0.184 e. The van der Waals surface area contributed by atoms with E-state index in [1.807, 2.05) is 30.3 Å². The number of nitrogens with two attached hydrogens (primary N) is 1. The third-order valence-electron chi connectivity index (χ3n) is 2.82. The maximum atomic E-state index is 12.2. The summed E-state index contributed by atoms with van der Waals surface area (Å²) >= 11 is 0. The van der Waals surface area contributed by atoms with Crippen LogP contribution < -0.4 is 10.5 Å². The van der Waals surface area contributed by atoms with Gasteiger partial charge in [0.2, 0.25) is 0 Å². The number of carbonyl (C=O) groups is 1. The summed E-state index contributed by atoms with van der Waals surface area (Å²) in [6, 6.07) is 15.7. The second-order valence-corrected chi connectivity index (χ2v) is 3.98. The number of benzene rings is 2. The first-order chi connectivity index (χ1) is 8.72. The van der Waals surface area contributed by atoms with Crippen molar-refractivity contribution in [3.8, 4) is 5.75 Å². The molecule has 0 aliphatic heterocycles. The van der Waals surface area contributed by atoms with Crippen LogP contribution in [0.2, 0.25) is 0 Å². The Hall–Kier alpha value is -2.13. The number of ether oxygens (including phenoxy) is 1. The lowest BCUT2D eigenvalue weighted by Gasteiger charge is -2.11. The van der Waals surface area contributed by atoms with Gasteiger partial charge in [0.15, 0.2) is 5.78 Å². The van der Waals surface area contributed by atoms with Crippen LogP contribution >= 0.6 is 0 Å². The lowest BCUT2D eigenvalue weighted by Crippen LogP contribution is -2.21. The molecule has 3 nitrogen and oxygen atoms in total. The summed E-state index contributed by atoms with van der Waals surface area (Å²) in [4.78, 5) is 12.2. The zero-order valence-corrected chi connectivity index (χ0v) is 10.2. The number of hydrogen-bond acceptors (Lipinski definition) is 3. The first-order valence-corrected chi connectivity index (χ1v) is 5.71. The highest BCUT2D eigenvalue weighted by atomic mass is 16.5. The Balaban J connectivity index is 2.20. The van der Waals surface area contributed by atoms with Crippen molar-refractivity contribution < 1.29 is 9.53 Å². The highest BCUT2D eigenvalue weighted by Gasteiger charge is 2.17. The molecule has 2 rings (SSSR count). The Kier molecular flexibility index (Phi) is 3.75. The summed E-state index contributed by atoms with van der Waals surface area (Å²) < 4.78 is 5.05. The van der Waals surface area contributed by atoms with E-state index in [2.05, 4.69) is 0 Å². The molecule has 0 radical (unpaired) electrons. The lowest BCUT2D eigenvalue weighted by atomic mass is 9.98. The molecule has 1 atom stereocenters. The molecule has 0 fully saturated rings. The minimum Gasteiger partial charge on any atom is -0.497 e. The molecule has 2 N–H and O–H groups in total.